The third-order valence-corrected chi connectivity index (χ3v) is 2.40. The number of aliphatic hydroxyl groups excluding tert-OH is 1. The van der Waals surface area contributed by atoms with Crippen LogP contribution in [-0.4, -0.2) is 37.0 Å². The minimum absolute atomic E-state index is 0.0389. The Balaban J connectivity index is 2.71. The summed E-state index contributed by atoms with van der Waals surface area (Å²) in [5.41, 5.74) is 4.67. The highest BCUT2D eigenvalue weighted by Crippen LogP contribution is 2.33. The standard InChI is InChI=1S/C9H8F3N5O2/c10-9(11,12)5(18)8-16-7-4(17(8)19)3(6(13)14)1-2-15-7/h1-2,5,18-19H,(H3,13,14). The number of aliphatic hydroxyl groups is 1. The summed E-state index contributed by atoms with van der Waals surface area (Å²) in [6.07, 6.45) is -6.78. The van der Waals surface area contributed by atoms with E-state index in [1.54, 1.807) is 0 Å². The van der Waals surface area contributed by atoms with E-state index < -0.39 is 23.9 Å². The first-order chi connectivity index (χ1) is 8.73. The van der Waals surface area contributed by atoms with Crippen molar-refractivity contribution in [1.82, 2.24) is 14.7 Å². The molecule has 2 aromatic rings. The van der Waals surface area contributed by atoms with Crippen LogP contribution in [0.2, 0.25) is 0 Å². The Morgan fingerprint density at radius 2 is 2.11 bits per heavy atom. The van der Waals surface area contributed by atoms with Crippen molar-refractivity contribution >= 4 is 17.0 Å². The first-order valence-corrected chi connectivity index (χ1v) is 4.89. The van der Waals surface area contributed by atoms with E-state index in [1.807, 2.05) is 0 Å². The summed E-state index contributed by atoms with van der Waals surface area (Å²) in [6.45, 7) is 0. The van der Waals surface area contributed by atoms with Gasteiger partial charge in [-0.25, -0.2) is 9.97 Å². The third kappa shape index (κ3) is 2.05. The highest BCUT2D eigenvalue weighted by atomic mass is 19.4. The zero-order valence-electron chi connectivity index (χ0n) is 9.18. The number of pyridine rings is 1. The molecule has 19 heavy (non-hydrogen) atoms. The number of fused-ring (bicyclic) bond motifs is 1. The molecule has 2 aromatic heterocycles. The quantitative estimate of drug-likeness (QED) is 0.362. The van der Waals surface area contributed by atoms with Gasteiger partial charge in [0.05, 0.1) is 0 Å². The van der Waals surface area contributed by atoms with Gasteiger partial charge in [0.25, 0.3) is 0 Å². The fraction of sp³-hybridized carbons (Fsp3) is 0.222. The first-order valence-electron chi connectivity index (χ1n) is 4.89. The van der Waals surface area contributed by atoms with E-state index in [2.05, 4.69) is 9.97 Å². The predicted molar refractivity (Wildman–Crippen MR) is 56.7 cm³/mol. The second kappa shape index (κ2) is 4.09. The molecule has 0 aliphatic heterocycles. The number of hydrogen-bond acceptors (Lipinski definition) is 5. The van der Waals surface area contributed by atoms with E-state index in [0.717, 1.165) is 0 Å². The summed E-state index contributed by atoms with van der Waals surface area (Å²) >= 11 is 0. The molecule has 102 valence electrons. The number of nitrogens with zero attached hydrogens (tertiary/aromatic N) is 3. The van der Waals surface area contributed by atoms with Gasteiger partial charge < -0.3 is 16.0 Å². The second-order valence-corrected chi connectivity index (χ2v) is 3.67. The van der Waals surface area contributed by atoms with Gasteiger partial charge in [0.2, 0.25) is 6.10 Å². The minimum atomic E-state index is -4.99. The van der Waals surface area contributed by atoms with E-state index in [9.17, 15) is 18.4 Å². The number of nitrogens with one attached hydrogen (secondary N) is 1. The van der Waals surface area contributed by atoms with E-state index >= 15 is 0 Å². The lowest BCUT2D eigenvalue weighted by Gasteiger charge is -2.13. The maximum Gasteiger partial charge on any atom is 0.421 e. The highest BCUT2D eigenvalue weighted by Gasteiger charge is 2.43. The van der Waals surface area contributed by atoms with Crippen LogP contribution < -0.4 is 5.73 Å². The van der Waals surface area contributed by atoms with Crippen molar-refractivity contribution < 1.29 is 23.5 Å². The summed E-state index contributed by atoms with van der Waals surface area (Å²) in [7, 11) is 0. The van der Waals surface area contributed by atoms with Crippen LogP contribution in [-0.2, 0) is 0 Å². The van der Waals surface area contributed by atoms with E-state index in [4.69, 9.17) is 16.2 Å². The minimum Gasteiger partial charge on any atom is -0.426 e. The summed E-state index contributed by atoms with van der Waals surface area (Å²) < 4.78 is 37.2. The van der Waals surface area contributed by atoms with Crippen LogP contribution in [0.3, 0.4) is 0 Å². The van der Waals surface area contributed by atoms with Crippen LogP contribution in [0.1, 0.15) is 17.5 Å². The summed E-state index contributed by atoms with van der Waals surface area (Å²) in [6, 6.07) is 1.24. The average Bonchev–Trinajstić information content (AvgIpc) is 2.64. The molecular formula is C9H8F3N5O2. The fourth-order valence-electron chi connectivity index (χ4n) is 1.54. The van der Waals surface area contributed by atoms with Crippen molar-refractivity contribution in [3.8, 4) is 0 Å². The normalized spacial score (nSPS) is 13.7. The Morgan fingerprint density at radius 1 is 1.47 bits per heavy atom. The fourth-order valence-corrected chi connectivity index (χ4v) is 1.54. The van der Waals surface area contributed by atoms with Gasteiger partial charge in [-0.15, -0.1) is 0 Å². The van der Waals surface area contributed by atoms with E-state index in [1.165, 1.54) is 12.3 Å². The Hall–Kier alpha value is -2.36. The van der Waals surface area contributed by atoms with Gasteiger partial charge in [-0.05, 0) is 6.07 Å². The maximum absolute atomic E-state index is 12.4. The maximum atomic E-state index is 12.4. The van der Waals surface area contributed by atoms with Gasteiger partial charge in [0, 0.05) is 11.8 Å². The lowest BCUT2D eigenvalue weighted by Crippen LogP contribution is -2.23. The largest absolute Gasteiger partial charge is 0.426 e. The zero-order chi connectivity index (χ0) is 14.4. The Labute approximate surface area is 103 Å². The van der Waals surface area contributed by atoms with Crippen molar-refractivity contribution in [2.24, 2.45) is 5.73 Å². The molecule has 2 rings (SSSR count). The Bertz CT molecular complexity index is 651. The molecule has 0 aliphatic carbocycles. The molecule has 5 N–H and O–H groups in total. The Kier molecular flexibility index (Phi) is 2.81. The second-order valence-electron chi connectivity index (χ2n) is 3.67. The molecule has 1 atom stereocenters. The molecule has 0 saturated heterocycles. The molecule has 0 spiro atoms. The number of imidazole rings is 1. The van der Waals surface area contributed by atoms with Crippen LogP contribution >= 0.6 is 0 Å². The molecule has 0 radical (unpaired) electrons. The number of nitrogen functional groups attached to an aromatic ring is 1. The number of halogens is 3. The number of nitrogens with two attached hydrogens (primary N) is 1. The van der Waals surface area contributed by atoms with Crippen molar-refractivity contribution in [2.45, 2.75) is 12.3 Å². The zero-order valence-corrected chi connectivity index (χ0v) is 9.18. The topological polar surface area (TPSA) is 121 Å². The number of amidine groups is 1. The molecule has 0 bridgehead atoms. The number of aromatic nitrogens is 3. The summed E-state index contributed by atoms with van der Waals surface area (Å²) in [4.78, 5) is 7.05. The molecule has 1 unspecified atom stereocenters. The third-order valence-electron chi connectivity index (χ3n) is 2.40. The molecule has 0 aromatic carbocycles. The van der Waals surface area contributed by atoms with Crippen molar-refractivity contribution in [3.05, 3.63) is 23.7 Å². The van der Waals surface area contributed by atoms with Gasteiger partial charge in [0.1, 0.15) is 11.4 Å². The molecular weight excluding hydrogens is 267 g/mol. The molecule has 0 amide bonds. The summed E-state index contributed by atoms with van der Waals surface area (Å²) in [5.74, 6) is -1.51. The van der Waals surface area contributed by atoms with Gasteiger partial charge in [-0.1, -0.05) is 0 Å². The lowest BCUT2D eigenvalue weighted by atomic mass is 10.2. The van der Waals surface area contributed by atoms with Gasteiger partial charge in [-0.2, -0.15) is 17.9 Å². The molecule has 0 fully saturated rings. The summed E-state index contributed by atoms with van der Waals surface area (Å²) in [5, 5.41) is 26.0. The van der Waals surface area contributed by atoms with Crippen LogP contribution in [0.25, 0.3) is 11.2 Å². The average molecular weight is 275 g/mol. The monoisotopic (exact) mass is 275 g/mol. The number of rotatable bonds is 2. The SMILES string of the molecule is N=C(N)c1ccnc2nc(C(O)C(F)(F)F)n(O)c12. The van der Waals surface area contributed by atoms with Crippen molar-refractivity contribution in [3.63, 3.8) is 0 Å². The van der Waals surface area contributed by atoms with Gasteiger partial charge >= 0.3 is 6.18 Å². The molecule has 10 heteroatoms. The number of alkyl halides is 3. The first kappa shape index (κ1) is 13.1. The van der Waals surface area contributed by atoms with Crippen molar-refractivity contribution in [2.75, 3.05) is 0 Å². The van der Waals surface area contributed by atoms with Gasteiger partial charge in [-0.3, -0.25) is 5.41 Å². The van der Waals surface area contributed by atoms with Crippen LogP contribution in [0.5, 0.6) is 0 Å². The van der Waals surface area contributed by atoms with Crippen LogP contribution in [0, 0.1) is 5.41 Å². The van der Waals surface area contributed by atoms with E-state index in [0.29, 0.717) is 0 Å². The van der Waals surface area contributed by atoms with E-state index in [-0.39, 0.29) is 21.5 Å². The molecule has 0 aliphatic rings. The molecule has 2 heterocycles. The highest BCUT2D eigenvalue weighted by molar-refractivity contribution is 6.04. The Morgan fingerprint density at radius 3 is 2.63 bits per heavy atom. The predicted octanol–water partition coefficient (Wildman–Crippen LogP) is 0.548. The lowest BCUT2D eigenvalue weighted by molar-refractivity contribution is -0.211. The van der Waals surface area contributed by atoms with Gasteiger partial charge in [0.15, 0.2) is 11.5 Å². The molecule has 7 nitrogen and oxygen atoms in total. The van der Waals surface area contributed by atoms with Crippen LogP contribution in [0.4, 0.5) is 13.2 Å². The smallest absolute Gasteiger partial charge is 0.421 e. The van der Waals surface area contributed by atoms with Crippen LogP contribution in [0.15, 0.2) is 12.3 Å². The molecule has 0 saturated carbocycles. The number of hydrogen-bond donors (Lipinski definition) is 4. The van der Waals surface area contributed by atoms with Crippen molar-refractivity contribution in [1.29, 1.82) is 5.41 Å².